The summed E-state index contributed by atoms with van der Waals surface area (Å²) in [7, 11) is 0. The van der Waals surface area contributed by atoms with Crippen molar-refractivity contribution in [2.45, 2.75) is 103 Å². The van der Waals surface area contributed by atoms with Gasteiger partial charge in [-0.1, -0.05) is 65.7 Å². The maximum absolute atomic E-state index is 11.8. The molecule has 10 heteroatoms. The molecule has 1 fully saturated rings. The second kappa shape index (κ2) is 17.1. The van der Waals surface area contributed by atoms with Crippen LogP contribution in [-0.2, 0) is 23.8 Å². The van der Waals surface area contributed by atoms with Crippen LogP contribution in [0.15, 0.2) is 0 Å². The van der Waals surface area contributed by atoms with Crippen molar-refractivity contribution in [3.8, 4) is 0 Å². The molecule has 1 saturated heterocycles. The van der Waals surface area contributed by atoms with Crippen LogP contribution in [0.5, 0.6) is 0 Å². The first kappa shape index (κ1) is 30.6. The van der Waals surface area contributed by atoms with Gasteiger partial charge in [0.2, 0.25) is 0 Å². The van der Waals surface area contributed by atoms with E-state index >= 15 is 0 Å². The van der Waals surface area contributed by atoms with Crippen molar-refractivity contribution in [1.82, 2.24) is 0 Å². The Labute approximate surface area is 189 Å². The summed E-state index contributed by atoms with van der Waals surface area (Å²) in [5, 5.41) is 7.12. The fourth-order valence-corrected chi connectivity index (χ4v) is 3.41. The Kier molecular flexibility index (Phi) is 16.4. The highest BCUT2D eigenvalue weighted by Gasteiger charge is 2.41. The minimum atomic E-state index is -5.08. The van der Waals surface area contributed by atoms with E-state index in [1.54, 1.807) is 0 Å². The summed E-state index contributed by atoms with van der Waals surface area (Å²) in [6.07, 6.45) is 5.08. The Morgan fingerprint density at radius 3 is 2.09 bits per heavy atom. The topological polar surface area (TPSA) is 108 Å². The highest BCUT2D eigenvalue weighted by atomic mass is 19.4. The monoisotopic (exact) mass is 471 g/mol. The van der Waals surface area contributed by atoms with Gasteiger partial charge in [-0.3, -0.25) is 4.79 Å². The number of carboxylic acid groups (broad SMARTS) is 1. The molecular formula is C22H40F3NO6. The zero-order valence-corrected chi connectivity index (χ0v) is 19.5. The van der Waals surface area contributed by atoms with Gasteiger partial charge in [-0.05, 0) is 12.8 Å². The lowest BCUT2D eigenvalue weighted by atomic mass is 9.90. The second-order valence-electron chi connectivity index (χ2n) is 8.06. The molecule has 1 aliphatic rings. The summed E-state index contributed by atoms with van der Waals surface area (Å²) in [4.78, 5) is 20.7. The third-order valence-electron chi connectivity index (χ3n) is 5.11. The molecule has 7 nitrogen and oxygen atoms in total. The summed E-state index contributed by atoms with van der Waals surface area (Å²) in [5.74, 6) is -2.92. The van der Waals surface area contributed by atoms with E-state index in [0.717, 1.165) is 19.3 Å². The van der Waals surface area contributed by atoms with Crippen LogP contribution in [0.1, 0.15) is 78.6 Å². The lowest BCUT2D eigenvalue weighted by molar-refractivity contribution is -0.204. The van der Waals surface area contributed by atoms with Gasteiger partial charge in [0, 0.05) is 12.5 Å². The molecule has 3 N–H and O–H groups in total. The molecule has 0 aromatic heterocycles. The van der Waals surface area contributed by atoms with Gasteiger partial charge in [0.1, 0.15) is 6.10 Å². The van der Waals surface area contributed by atoms with Crippen molar-refractivity contribution in [3.63, 3.8) is 0 Å². The molecule has 0 aliphatic carbocycles. The maximum atomic E-state index is 11.8. The molecule has 32 heavy (non-hydrogen) atoms. The molecule has 0 bridgehead atoms. The van der Waals surface area contributed by atoms with Gasteiger partial charge < -0.3 is 25.1 Å². The fraction of sp³-hybridized carbons (Fsp3) is 0.909. The van der Waals surface area contributed by atoms with Crippen LogP contribution in [0, 0.1) is 5.92 Å². The van der Waals surface area contributed by atoms with Crippen molar-refractivity contribution in [1.29, 1.82) is 0 Å². The lowest BCUT2D eigenvalue weighted by Crippen LogP contribution is -2.53. The molecule has 190 valence electrons. The molecule has 1 rings (SSSR count). The zero-order chi connectivity index (χ0) is 24.6. The number of alkyl halides is 3. The quantitative estimate of drug-likeness (QED) is 0.302. The number of rotatable bonds is 13. The smallest absolute Gasteiger partial charge is 0.475 e. The highest BCUT2D eigenvalue weighted by Crippen LogP contribution is 2.29. The van der Waals surface area contributed by atoms with Crippen molar-refractivity contribution in [2.24, 2.45) is 11.7 Å². The van der Waals surface area contributed by atoms with Gasteiger partial charge in [-0.15, -0.1) is 0 Å². The summed E-state index contributed by atoms with van der Waals surface area (Å²) in [6.45, 7) is 7.65. The van der Waals surface area contributed by atoms with Crippen LogP contribution in [0.25, 0.3) is 0 Å². The van der Waals surface area contributed by atoms with Crippen molar-refractivity contribution in [2.75, 3.05) is 19.8 Å². The lowest BCUT2D eigenvalue weighted by Gasteiger charge is -2.41. The molecule has 0 saturated carbocycles. The number of aliphatic carboxylic acids is 1. The molecule has 0 aromatic carbocycles. The van der Waals surface area contributed by atoms with Gasteiger partial charge in [0.15, 0.2) is 6.10 Å². The molecule has 0 unspecified atom stereocenters. The summed E-state index contributed by atoms with van der Waals surface area (Å²) < 4.78 is 49.4. The average molecular weight is 472 g/mol. The molecule has 1 aliphatic heterocycles. The third-order valence-corrected chi connectivity index (χ3v) is 5.11. The average Bonchev–Trinajstić information content (AvgIpc) is 2.73. The molecule has 4 atom stereocenters. The van der Waals surface area contributed by atoms with Gasteiger partial charge in [-0.2, -0.15) is 13.2 Å². The largest absolute Gasteiger partial charge is 0.490 e. The second-order valence-corrected chi connectivity index (χ2v) is 8.06. The SMILES string of the molecule is CCCCCCCCC[C@@H]1OC[C@H](C)[C@H](OCCC)[C@@H]1OC(=O)CN.O=C(O)C(F)(F)F. The fourth-order valence-electron chi connectivity index (χ4n) is 3.41. The Morgan fingerprint density at radius 1 is 1.03 bits per heavy atom. The first-order chi connectivity index (χ1) is 15.1. The number of carbonyl (C=O) groups is 2. The summed E-state index contributed by atoms with van der Waals surface area (Å²) in [5.41, 5.74) is 5.44. The Bertz CT molecular complexity index is 518. The Hall–Kier alpha value is -1.39. The number of hydrogen-bond donors (Lipinski definition) is 2. The van der Waals surface area contributed by atoms with Crippen LogP contribution in [0.2, 0.25) is 0 Å². The number of carboxylic acids is 1. The molecule has 0 radical (unpaired) electrons. The van der Waals surface area contributed by atoms with Gasteiger partial charge >= 0.3 is 18.1 Å². The van der Waals surface area contributed by atoms with Crippen molar-refractivity contribution < 1.29 is 42.1 Å². The van der Waals surface area contributed by atoms with E-state index in [0.29, 0.717) is 13.2 Å². The predicted octanol–water partition coefficient (Wildman–Crippen LogP) is 4.46. The summed E-state index contributed by atoms with van der Waals surface area (Å²) in [6, 6.07) is 0. The third kappa shape index (κ3) is 13.2. The predicted molar refractivity (Wildman–Crippen MR) is 114 cm³/mol. The Balaban J connectivity index is 0.00000118. The summed E-state index contributed by atoms with van der Waals surface area (Å²) >= 11 is 0. The van der Waals surface area contributed by atoms with E-state index in [4.69, 9.17) is 29.8 Å². The first-order valence-corrected chi connectivity index (χ1v) is 11.5. The van der Waals surface area contributed by atoms with Crippen molar-refractivity contribution in [3.05, 3.63) is 0 Å². The maximum Gasteiger partial charge on any atom is 0.490 e. The number of unbranched alkanes of at least 4 members (excludes halogenated alkanes) is 6. The number of esters is 1. The van der Waals surface area contributed by atoms with Gasteiger partial charge in [-0.25, -0.2) is 4.79 Å². The zero-order valence-electron chi connectivity index (χ0n) is 19.5. The van der Waals surface area contributed by atoms with Crippen LogP contribution >= 0.6 is 0 Å². The number of carbonyl (C=O) groups excluding carboxylic acids is 1. The molecule has 1 heterocycles. The first-order valence-electron chi connectivity index (χ1n) is 11.5. The van der Waals surface area contributed by atoms with E-state index in [1.165, 1.54) is 38.5 Å². The Morgan fingerprint density at radius 2 is 1.59 bits per heavy atom. The minimum absolute atomic E-state index is 0.0794. The van der Waals surface area contributed by atoms with E-state index < -0.39 is 12.1 Å². The van der Waals surface area contributed by atoms with Crippen LogP contribution in [0.3, 0.4) is 0 Å². The van der Waals surface area contributed by atoms with Gasteiger partial charge in [0.05, 0.1) is 19.3 Å². The normalized spacial score (nSPS) is 23.2. The number of nitrogens with two attached hydrogens (primary N) is 1. The number of halogens is 3. The van der Waals surface area contributed by atoms with Crippen molar-refractivity contribution >= 4 is 11.9 Å². The molecular weight excluding hydrogens is 431 g/mol. The molecule has 0 aromatic rings. The minimum Gasteiger partial charge on any atom is -0.475 e. The number of hydrogen-bond acceptors (Lipinski definition) is 6. The standard InChI is InChI=1S/C20H39NO4.C2HF3O2/c1-4-6-7-8-9-10-11-12-17-20(25-18(22)14-21)19(23-13-5-2)16(3)15-24-17;3-2(4,5)1(6)7/h16-17,19-20H,4-15,21H2,1-3H3;(H,6,7)/t16-,17-,19-,20+;/m0./s1. The van der Waals surface area contributed by atoms with E-state index in [2.05, 4.69) is 20.8 Å². The van der Waals surface area contributed by atoms with Crippen LogP contribution in [0.4, 0.5) is 13.2 Å². The molecule has 0 spiro atoms. The van der Waals surface area contributed by atoms with E-state index in [9.17, 15) is 18.0 Å². The van der Waals surface area contributed by atoms with E-state index in [-0.39, 0.29) is 36.7 Å². The van der Waals surface area contributed by atoms with Gasteiger partial charge in [0.25, 0.3) is 0 Å². The number of ether oxygens (including phenoxy) is 3. The van der Waals surface area contributed by atoms with E-state index in [1.807, 2.05) is 0 Å². The molecule has 0 amide bonds. The van der Waals surface area contributed by atoms with Crippen LogP contribution in [-0.4, -0.2) is 61.3 Å². The highest BCUT2D eigenvalue weighted by molar-refractivity contribution is 5.73. The van der Waals surface area contributed by atoms with Crippen LogP contribution < -0.4 is 5.73 Å².